The summed E-state index contributed by atoms with van der Waals surface area (Å²) in [5.74, 6) is -3.47. The topological polar surface area (TPSA) is 92.8 Å². The van der Waals surface area contributed by atoms with Crippen LogP contribution in [-0.2, 0) is 20.8 Å². The number of fused-ring (bicyclic) bond motifs is 1. The summed E-state index contributed by atoms with van der Waals surface area (Å²) in [5.41, 5.74) is 0.720. The molecule has 0 radical (unpaired) electrons. The Morgan fingerprint density at radius 1 is 1.00 bits per heavy atom. The Bertz CT molecular complexity index is 877. The second kappa shape index (κ2) is 7.14. The van der Waals surface area contributed by atoms with Crippen LogP contribution in [0.4, 0.5) is 4.39 Å². The second-order valence-electron chi connectivity index (χ2n) is 5.50. The number of nitrogens with zero attached hydrogens (tertiary/aromatic N) is 1. The molecule has 0 unspecified atom stereocenters. The molecule has 0 spiro atoms. The fraction of sp³-hybridized carbons (Fsp3) is 0.111. The van der Waals surface area contributed by atoms with Gasteiger partial charge in [0.15, 0.2) is 0 Å². The Labute approximate surface area is 147 Å². The van der Waals surface area contributed by atoms with E-state index in [1.165, 1.54) is 30.3 Å². The highest BCUT2D eigenvalue weighted by Crippen LogP contribution is 2.22. The van der Waals surface area contributed by atoms with E-state index in [0.29, 0.717) is 10.6 Å². The lowest BCUT2D eigenvalue weighted by atomic mass is 10.1. The van der Waals surface area contributed by atoms with Crippen molar-refractivity contribution in [2.24, 2.45) is 0 Å². The van der Waals surface area contributed by atoms with E-state index in [1.54, 1.807) is 18.2 Å². The van der Waals surface area contributed by atoms with E-state index in [4.69, 9.17) is 4.84 Å². The van der Waals surface area contributed by atoms with Crippen molar-refractivity contribution in [3.05, 3.63) is 71.0 Å². The molecule has 1 heterocycles. The first-order chi connectivity index (χ1) is 12.5. The van der Waals surface area contributed by atoms with Crippen LogP contribution >= 0.6 is 0 Å². The molecule has 1 aliphatic heterocycles. The molecule has 0 aromatic heterocycles. The number of rotatable bonds is 5. The number of imide groups is 1. The first-order valence-corrected chi connectivity index (χ1v) is 7.65. The van der Waals surface area contributed by atoms with Gasteiger partial charge in [0, 0.05) is 0 Å². The summed E-state index contributed by atoms with van der Waals surface area (Å²) < 4.78 is 13.1. The van der Waals surface area contributed by atoms with E-state index in [0.717, 1.165) is 0 Å². The molecule has 1 aliphatic rings. The highest BCUT2D eigenvalue weighted by molar-refractivity contribution is 6.20. The van der Waals surface area contributed by atoms with E-state index in [9.17, 15) is 23.6 Å². The maximum atomic E-state index is 13.1. The van der Waals surface area contributed by atoms with Crippen molar-refractivity contribution < 1.29 is 28.4 Å². The van der Waals surface area contributed by atoms with Gasteiger partial charge in [-0.25, -0.2) is 9.18 Å². The lowest BCUT2D eigenvalue weighted by molar-refractivity contribution is -0.167. The molecule has 0 saturated carbocycles. The first-order valence-electron chi connectivity index (χ1n) is 7.65. The summed E-state index contributed by atoms with van der Waals surface area (Å²) in [6, 6.07) is 11.6. The number of benzene rings is 2. The van der Waals surface area contributed by atoms with E-state index >= 15 is 0 Å². The molecule has 0 aliphatic carbocycles. The standard InChI is InChI=1S/C18H13FN2O5/c19-12-5-3-4-11(8-12)9-15(22)20-10-16(23)26-21-17(24)13-6-1-2-7-14(13)18(21)25/h1-8H,9-10H2,(H,20,22). The molecule has 0 bridgehead atoms. The van der Waals surface area contributed by atoms with Crippen molar-refractivity contribution in [1.82, 2.24) is 10.4 Å². The van der Waals surface area contributed by atoms with Crippen LogP contribution in [0.1, 0.15) is 26.3 Å². The van der Waals surface area contributed by atoms with Gasteiger partial charge in [-0.05, 0) is 29.8 Å². The fourth-order valence-corrected chi connectivity index (χ4v) is 2.45. The first kappa shape index (κ1) is 17.3. The second-order valence-corrected chi connectivity index (χ2v) is 5.50. The zero-order valence-electron chi connectivity index (χ0n) is 13.4. The van der Waals surface area contributed by atoms with Crippen LogP contribution in [0.3, 0.4) is 0 Å². The van der Waals surface area contributed by atoms with Gasteiger partial charge in [0.2, 0.25) is 5.91 Å². The SMILES string of the molecule is O=C(Cc1cccc(F)c1)NCC(=O)ON1C(=O)c2ccccc2C1=O. The van der Waals surface area contributed by atoms with Crippen molar-refractivity contribution in [3.63, 3.8) is 0 Å². The Balaban J connectivity index is 1.53. The molecule has 3 rings (SSSR count). The van der Waals surface area contributed by atoms with Gasteiger partial charge in [0.25, 0.3) is 11.8 Å². The Morgan fingerprint density at radius 2 is 1.65 bits per heavy atom. The minimum absolute atomic E-state index is 0.127. The van der Waals surface area contributed by atoms with Crippen molar-refractivity contribution in [2.45, 2.75) is 6.42 Å². The molecule has 0 atom stereocenters. The number of hydroxylamine groups is 2. The summed E-state index contributed by atoms with van der Waals surface area (Å²) in [6.07, 6.45) is -0.127. The summed E-state index contributed by atoms with van der Waals surface area (Å²) >= 11 is 0. The van der Waals surface area contributed by atoms with E-state index < -0.39 is 36.1 Å². The van der Waals surface area contributed by atoms with Gasteiger partial charge >= 0.3 is 5.97 Å². The highest BCUT2D eigenvalue weighted by Gasteiger charge is 2.38. The maximum Gasteiger partial charge on any atom is 0.352 e. The largest absolute Gasteiger partial charge is 0.352 e. The van der Waals surface area contributed by atoms with Crippen molar-refractivity contribution in [1.29, 1.82) is 0 Å². The summed E-state index contributed by atoms with van der Waals surface area (Å²) in [5, 5.41) is 2.66. The molecule has 0 fully saturated rings. The maximum absolute atomic E-state index is 13.1. The molecule has 26 heavy (non-hydrogen) atoms. The van der Waals surface area contributed by atoms with Gasteiger partial charge in [0.05, 0.1) is 17.5 Å². The van der Waals surface area contributed by atoms with Crippen LogP contribution in [0.5, 0.6) is 0 Å². The van der Waals surface area contributed by atoms with E-state index in [-0.39, 0.29) is 17.5 Å². The van der Waals surface area contributed by atoms with E-state index in [1.807, 2.05) is 0 Å². The predicted molar refractivity (Wildman–Crippen MR) is 86.1 cm³/mol. The number of hydrogen-bond donors (Lipinski definition) is 1. The fourth-order valence-electron chi connectivity index (χ4n) is 2.45. The Kier molecular flexibility index (Phi) is 4.74. The highest BCUT2D eigenvalue weighted by atomic mass is 19.1. The number of carbonyl (C=O) groups excluding carboxylic acids is 4. The minimum Gasteiger partial charge on any atom is -0.345 e. The van der Waals surface area contributed by atoms with Crippen molar-refractivity contribution in [2.75, 3.05) is 6.54 Å². The number of halogens is 1. The number of hydrogen-bond acceptors (Lipinski definition) is 5. The molecule has 7 nitrogen and oxygen atoms in total. The summed E-state index contributed by atoms with van der Waals surface area (Å²) in [6.45, 7) is -0.540. The molecule has 8 heteroatoms. The summed E-state index contributed by atoms with van der Waals surface area (Å²) in [7, 11) is 0. The lowest BCUT2D eigenvalue weighted by Crippen LogP contribution is -2.38. The van der Waals surface area contributed by atoms with E-state index in [2.05, 4.69) is 5.32 Å². The van der Waals surface area contributed by atoms with Crippen LogP contribution < -0.4 is 5.32 Å². The molecule has 2 aromatic carbocycles. The zero-order valence-corrected chi connectivity index (χ0v) is 13.4. The molecule has 0 saturated heterocycles. The van der Waals surface area contributed by atoms with Crippen molar-refractivity contribution >= 4 is 23.7 Å². The average molecular weight is 356 g/mol. The Hall–Kier alpha value is -3.55. The van der Waals surface area contributed by atoms with Gasteiger partial charge in [-0.2, -0.15) is 0 Å². The van der Waals surface area contributed by atoms with Crippen LogP contribution in [0.15, 0.2) is 48.5 Å². The normalized spacial score (nSPS) is 12.7. The van der Waals surface area contributed by atoms with Crippen molar-refractivity contribution in [3.8, 4) is 0 Å². The molecule has 1 N–H and O–H groups in total. The monoisotopic (exact) mass is 356 g/mol. The molecule has 3 amide bonds. The third kappa shape index (κ3) is 3.59. The number of nitrogens with one attached hydrogen (secondary N) is 1. The van der Waals surface area contributed by atoms with Gasteiger partial charge in [-0.3, -0.25) is 14.4 Å². The molecular formula is C18H13FN2O5. The van der Waals surface area contributed by atoms with Crippen LogP contribution in [-0.4, -0.2) is 35.3 Å². The minimum atomic E-state index is -0.980. The smallest absolute Gasteiger partial charge is 0.345 e. The van der Waals surface area contributed by atoms with Crippen LogP contribution in [0.2, 0.25) is 0 Å². The third-order valence-electron chi connectivity index (χ3n) is 3.63. The number of amides is 3. The predicted octanol–water partition coefficient (Wildman–Crippen LogP) is 1.24. The zero-order chi connectivity index (χ0) is 18.7. The summed E-state index contributed by atoms with van der Waals surface area (Å²) in [4.78, 5) is 52.5. The van der Waals surface area contributed by atoms with Gasteiger partial charge in [0.1, 0.15) is 12.4 Å². The lowest BCUT2D eigenvalue weighted by Gasteiger charge is -2.13. The van der Waals surface area contributed by atoms with Crippen LogP contribution in [0, 0.1) is 5.82 Å². The van der Waals surface area contributed by atoms with Gasteiger partial charge < -0.3 is 10.2 Å². The van der Waals surface area contributed by atoms with Gasteiger partial charge in [-0.1, -0.05) is 29.3 Å². The van der Waals surface area contributed by atoms with Gasteiger partial charge in [-0.15, -0.1) is 0 Å². The molecule has 132 valence electrons. The van der Waals surface area contributed by atoms with Crippen LogP contribution in [0.25, 0.3) is 0 Å². The average Bonchev–Trinajstić information content (AvgIpc) is 2.85. The Morgan fingerprint density at radius 3 is 2.27 bits per heavy atom. The quantitative estimate of drug-likeness (QED) is 0.814. The number of carbonyl (C=O) groups is 4. The molecule has 2 aromatic rings. The third-order valence-corrected chi connectivity index (χ3v) is 3.63. The molecular weight excluding hydrogens is 343 g/mol.